The number of nitro groups is 1. The number of carbonyl (C=O) groups is 1. The third-order valence-electron chi connectivity index (χ3n) is 2.00. The van der Waals surface area contributed by atoms with E-state index in [1.54, 1.807) is 0 Å². The molecule has 1 aromatic rings. The monoisotopic (exact) mass is 262 g/mol. The van der Waals surface area contributed by atoms with Crippen molar-refractivity contribution in [3.05, 3.63) is 33.9 Å². The van der Waals surface area contributed by atoms with Gasteiger partial charge in [0.15, 0.2) is 0 Å². The van der Waals surface area contributed by atoms with Crippen LogP contribution < -0.4 is 5.73 Å². The summed E-state index contributed by atoms with van der Waals surface area (Å²) < 4.78 is 4.37. The minimum atomic E-state index is -1.29. The Balaban J connectivity index is 0.00000256. The van der Waals surface area contributed by atoms with Crippen molar-refractivity contribution in [2.75, 3.05) is 7.11 Å². The van der Waals surface area contributed by atoms with Gasteiger partial charge in [0.2, 0.25) is 0 Å². The summed E-state index contributed by atoms with van der Waals surface area (Å²) in [6.07, 6.45) is 0. The smallest absolute Gasteiger partial charge is 0.327 e. The molecule has 0 aromatic heterocycles. The fraction of sp³-hybridized carbons (Fsp3) is 0.222. The van der Waals surface area contributed by atoms with Gasteiger partial charge in [0.05, 0.1) is 17.6 Å². The molecule has 1 aromatic carbocycles. The van der Waals surface area contributed by atoms with E-state index in [0.29, 0.717) is 0 Å². The molecule has 3 N–H and O–H groups in total. The van der Waals surface area contributed by atoms with E-state index in [-0.39, 0.29) is 29.4 Å². The molecule has 0 aliphatic carbocycles. The zero-order chi connectivity index (χ0) is 12.3. The van der Waals surface area contributed by atoms with Crippen molar-refractivity contribution in [2.45, 2.75) is 6.04 Å². The maximum absolute atomic E-state index is 11.1. The number of nitrogens with two attached hydrogens (primary N) is 1. The van der Waals surface area contributed by atoms with E-state index in [1.807, 2.05) is 0 Å². The predicted octanol–water partition coefficient (Wildman–Crippen LogP) is 0.895. The van der Waals surface area contributed by atoms with Gasteiger partial charge in [0, 0.05) is 6.07 Å². The van der Waals surface area contributed by atoms with Gasteiger partial charge in [-0.15, -0.1) is 12.4 Å². The first-order valence-corrected chi connectivity index (χ1v) is 4.28. The van der Waals surface area contributed by atoms with Gasteiger partial charge in [0.1, 0.15) is 11.8 Å². The minimum Gasteiger partial charge on any atom is -0.508 e. The van der Waals surface area contributed by atoms with Crippen LogP contribution in [0.15, 0.2) is 18.2 Å². The Bertz CT molecular complexity index is 437. The van der Waals surface area contributed by atoms with Crippen LogP contribution in [0.3, 0.4) is 0 Å². The summed E-state index contributed by atoms with van der Waals surface area (Å²) in [4.78, 5) is 21.1. The van der Waals surface area contributed by atoms with E-state index in [2.05, 4.69) is 4.74 Å². The molecule has 0 bridgehead atoms. The molecule has 0 fully saturated rings. The highest BCUT2D eigenvalue weighted by molar-refractivity contribution is 5.85. The zero-order valence-corrected chi connectivity index (χ0v) is 9.64. The Morgan fingerprint density at radius 3 is 2.65 bits per heavy atom. The van der Waals surface area contributed by atoms with Crippen LogP contribution in [-0.2, 0) is 9.53 Å². The molecule has 8 heteroatoms. The number of rotatable bonds is 3. The number of aromatic hydroxyl groups is 1. The number of phenolic OH excluding ortho intramolecular Hbond substituents is 1. The molecule has 0 saturated carbocycles. The first kappa shape index (κ1) is 15.1. The highest BCUT2D eigenvalue weighted by atomic mass is 35.5. The van der Waals surface area contributed by atoms with Crippen LogP contribution in [0.2, 0.25) is 0 Å². The Kier molecular flexibility index (Phi) is 5.36. The van der Waals surface area contributed by atoms with Gasteiger partial charge in [-0.05, 0) is 12.1 Å². The molecule has 0 aliphatic rings. The quantitative estimate of drug-likeness (QED) is 0.475. The number of hydrogen-bond acceptors (Lipinski definition) is 6. The Morgan fingerprint density at radius 1 is 1.59 bits per heavy atom. The van der Waals surface area contributed by atoms with Crippen LogP contribution in [0.4, 0.5) is 5.69 Å². The lowest BCUT2D eigenvalue weighted by molar-refractivity contribution is -0.385. The molecule has 0 radical (unpaired) electrons. The molecular formula is C9H11ClN2O5. The zero-order valence-electron chi connectivity index (χ0n) is 8.82. The maximum Gasteiger partial charge on any atom is 0.327 e. The number of benzene rings is 1. The summed E-state index contributed by atoms with van der Waals surface area (Å²) in [7, 11) is 1.12. The van der Waals surface area contributed by atoms with Gasteiger partial charge in [-0.1, -0.05) is 0 Å². The lowest BCUT2D eigenvalue weighted by Gasteiger charge is -2.10. The first-order chi connectivity index (χ1) is 7.47. The highest BCUT2D eigenvalue weighted by Crippen LogP contribution is 2.28. The molecule has 0 amide bonds. The summed E-state index contributed by atoms with van der Waals surface area (Å²) in [5, 5.41) is 19.9. The van der Waals surface area contributed by atoms with Crippen molar-refractivity contribution in [1.29, 1.82) is 0 Å². The highest BCUT2D eigenvalue weighted by Gasteiger charge is 2.25. The third kappa shape index (κ3) is 3.30. The lowest BCUT2D eigenvalue weighted by atomic mass is 10.1. The lowest BCUT2D eigenvalue weighted by Crippen LogP contribution is -2.23. The number of hydrogen-bond donors (Lipinski definition) is 2. The van der Waals surface area contributed by atoms with Crippen molar-refractivity contribution in [1.82, 2.24) is 0 Å². The number of carbonyl (C=O) groups excluding carboxylic acids is 1. The van der Waals surface area contributed by atoms with Crippen molar-refractivity contribution >= 4 is 24.1 Å². The number of halogens is 1. The molecule has 1 rings (SSSR count). The number of esters is 1. The molecule has 7 nitrogen and oxygen atoms in total. The topological polar surface area (TPSA) is 116 Å². The van der Waals surface area contributed by atoms with E-state index in [9.17, 15) is 20.0 Å². The number of ether oxygens (including phenoxy) is 1. The molecule has 17 heavy (non-hydrogen) atoms. The van der Waals surface area contributed by atoms with E-state index in [4.69, 9.17) is 5.73 Å². The predicted molar refractivity (Wildman–Crippen MR) is 61.0 cm³/mol. The molecule has 94 valence electrons. The van der Waals surface area contributed by atoms with Crippen LogP contribution in [-0.4, -0.2) is 23.1 Å². The van der Waals surface area contributed by atoms with E-state index in [0.717, 1.165) is 25.3 Å². The van der Waals surface area contributed by atoms with Crippen molar-refractivity contribution in [3.63, 3.8) is 0 Å². The van der Waals surface area contributed by atoms with Crippen molar-refractivity contribution in [2.24, 2.45) is 5.73 Å². The third-order valence-corrected chi connectivity index (χ3v) is 2.00. The summed E-state index contributed by atoms with van der Waals surface area (Å²) in [6.45, 7) is 0. The first-order valence-electron chi connectivity index (χ1n) is 4.28. The number of nitro benzene ring substituents is 1. The molecule has 1 atom stereocenters. The van der Waals surface area contributed by atoms with E-state index >= 15 is 0 Å². The molecule has 0 saturated heterocycles. The number of methoxy groups -OCH3 is 1. The van der Waals surface area contributed by atoms with E-state index < -0.39 is 16.9 Å². The van der Waals surface area contributed by atoms with Crippen LogP contribution in [0.25, 0.3) is 0 Å². The standard InChI is InChI=1S/C9H10N2O5.ClH/c1-16-9(13)8(10)6-4-5(12)2-3-7(6)11(14)15;/h2-4,8,12H,10H2,1H3;1H/t8-;/m1./s1. The maximum atomic E-state index is 11.1. The Labute approximate surface area is 103 Å². The second-order valence-electron chi connectivity index (χ2n) is 3.00. The molecule has 0 unspecified atom stereocenters. The van der Waals surface area contributed by atoms with Gasteiger partial charge < -0.3 is 15.6 Å². The SMILES string of the molecule is COC(=O)[C@H](N)c1cc(O)ccc1[N+](=O)[O-].Cl. The largest absolute Gasteiger partial charge is 0.508 e. The number of phenols is 1. The van der Waals surface area contributed by atoms with Crippen molar-refractivity contribution < 1.29 is 19.6 Å². The molecule has 0 heterocycles. The minimum absolute atomic E-state index is 0. The summed E-state index contributed by atoms with van der Waals surface area (Å²) in [5.74, 6) is -1.02. The van der Waals surface area contributed by atoms with Gasteiger partial charge >= 0.3 is 5.97 Å². The normalized spacial score (nSPS) is 11.2. The molecule has 0 aliphatic heterocycles. The second-order valence-corrected chi connectivity index (χ2v) is 3.00. The Morgan fingerprint density at radius 2 is 2.18 bits per heavy atom. The van der Waals surface area contributed by atoms with Crippen LogP contribution in [0.1, 0.15) is 11.6 Å². The molecular weight excluding hydrogens is 252 g/mol. The van der Waals surface area contributed by atoms with Crippen LogP contribution in [0, 0.1) is 10.1 Å². The van der Waals surface area contributed by atoms with Gasteiger partial charge in [-0.25, -0.2) is 4.79 Å². The van der Waals surface area contributed by atoms with Crippen molar-refractivity contribution in [3.8, 4) is 5.75 Å². The average Bonchev–Trinajstić information content (AvgIpc) is 2.26. The average molecular weight is 263 g/mol. The summed E-state index contributed by atoms with van der Waals surface area (Å²) >= 11 is 0. The molecule has 0 spiro atoms. The van der Waals surface area contributed by atoms with Crippen LogP contribution >= 0.6 is 12.4 Å². The van der Waals surface area contributed by atoms with Crippen LogP contribution in [0.5, 0.6) is 5.75 Å². The van der Waals surface area contributed by atoms with Gasteiger partial charge in [-0.2, -0.15) is 0 Å². The fourth-order valence-corrected chi connectivity index (χ4v) is 1.21. The van der Waals surface area contributed by atoms with E-state index in [1.165, 1.54) is 0 Å². The van der Waals surface area contributed by atoms with Gasteiger partial charge in [0.25, 0.3) is 5.69 Å². The Hall–Kier alpha value is -1.86. The summed E-state index contributed by atoms with van der Waals surface area (Å²) in [5.41, 5.74) is 5.04. The number of nitrogens with zero attached hydrogens (tertiary/aromatic N) is 1. The second kappa shape index (κ2) is 6.02. The van der Waals surface area contributed by atoms with Gasteiger partial charge in [-0.3, -0.25) is 10.1 Å². The summed E-state index contributed by atoms with van der Waals surface area (Å²) in [6, 6.07) is 2.00. The fourth-order valence-electron chi connectivity index (χ4n) is 1.21.